The first-order valence-corrected chi connectivity index (χ1v) is 6.78. The first kappa shape index (κ1) is 14.2. The van der Waals surface area contributed by atoms with Crippen molar-refractivity contribution >= 4 is 23.5 Å². The molecule has 0 atom stereocenters. The molecule has 106 valence electrons. The second-order valence-electron chi connectivity index (χ2n) is 4.92. The van der Waals surface area contributed by atoms with Crippen molar-refractivity contribution in [3.8, 4) is 0 Å². The van der Waals surface area contributed by atoms with Crippen LogP contribution < -0.4 is 4.90 Å². The van der Waals surface area contributed by atoms with Crippen molar-refractivity contribution in [2.45, 2.75) is 33.1 Å². The van der Waals surface area contributed by atoms with E-state index in [1.54, 1.807) is 12.1 Å². The van der Waals surface area contributed by atoms with E-state index in [0.29, 0.717) is 12.2 Å². The van der Waals surface area contributed by atoms with Crippen LogP contribution in [0, 0.1) is 6.92 Å². The average Bonchev–Trinajstić information content (AvgIpc) is 2.40. The van der Waals surface area contributed by atoms with Crippen LogP contribution in [0.15, 0.2) is 24.3 Å². The molecular weight excluding hydrogens is 256 g/mol. The third-order valence-electron chi connectivity index (χ3n) is 3.30. The summed E-state index contributed by atoms with van der Waals surface area (Å²) in [5, 5.41) is 0. The Morgan fingerprint density at radius 3 is 2.30 bits per heavy atom. The number of urea groups is 1. The largest absolute Gasteiger partial charge is 0.338 e. The lowest BCUT2D eigenvalue weighted by Gasteiger charge is -2.32. The van der Waals surface area contributed by atoms with Crippen molar-refractivity contribution in [3.05, 3.63) is 29.8 Å². The predicted octanol–water partition coefficient (Wildman–Crippen LogP) is 2.48. The highest BCUT2D eigenvalue weighted by Gasteiger charge is 2.38. The van der Waals surface area contributed by atoms with Crippen LogP contribution in [0.5, 0.6) is 0 Å². The van der Waals surface area contributed by atoms with Crippen LogP contribution in [0.2, 0.25) is 0 Å². The SMILES string of the molecule is CCCCN1C(=O)CC(=O)N(c2ccc(C)cc2)C1=O. The molecule has 0 spiro atoms. The zero-order valence-corrected chi connectivity index (χ0v) is 11.8. The molecule has 1 aromatic carbocycles. The highest BCUT2D eigenvalue weighted by atomic mass is 16.2. The monoisotopic (exact) mass is 274 g/mol. The van der Waals surface area contributed by atoms with Crippen molar-refractivity contribution in [3.63, 3.8) is 0 Å². The molecule has 5 nitrogen and oxygen atoms in total. The van der Waals surface area contributed by atoms with E-state index >= 15 is 0 Å². The molecule has 0 N–H and O–H groups in total. The maximum atomic E-state index is 12.3. The van der Waals surface area contributed by atoms with Crippen LogP contribution in [-0.2, 0) is 9.59 Å². The first-order valence-electron chi connectivity index (χ1n) is 6.78. The predicted molar refractivity (Wildman–Crippen MR) is 75.3 cm³/mol. The molecule has 0 bridgehead atoms. The van der Waals surface area contributed by atoms with Crippen LogP contribution in [-0.4, -0.2) is 29.3 Å². The summed E-state index contributed by atoms with van der Waals surface area (Å²) in [4.78, 5) is 38.4. The molecular formula is C15H18N2O3. The fourth-order valence-electron chi connectivity index (χ4n) is 2.12. The lowest BCUT2D eigenvalue weighted by atomic mass is 10.1. The van der Waals surface area contributed by atoms with Gasteiger partial charge < -0.3 is 0 Å². The second-order valence-corrected chi connectivity index (χ2v) is 4.92. The van der Waals surface area contributed by atoms with E-state index in [1.165, 1.54) is 4.90 Å². The average molecular weight is 274 g/mol. The summed E-state index contributed by atoms with van der Waals surface area (Å²) in [6.45, 7) is 4.28. The minimum Gasteiger partial charge on any atom is -0.274 e. The van der Waals surface area contributed by atoms with Gasteiger partial charge in [0, 0.05) is 6.54 Å². The molecule has 1 aromatic rings. The van der Waals surface area contributed by atoms with Crippen LogP contribution in [0.3, 0.4) is 0 Å². The Morgan fingerprint density at radius 2 is 1.70 bits per heavy atom. The molecule has 1 aliphatic heterocycles. The zero-order chi connectivity index (χ0) is 14.7. The van der Waals surface area contributed by atoms with Gasteiger partial charge in [0.25, 0.3) is 0 Å². The van der Waals surface area contributed by atoms with Crippen molar-refractivity contribution < 1.29 is 14.4 Å². The normalized spacial score (nSPS) is 16.0. The summed E-state index contributed by atoms with van der Waals surface area (Å²) in [7, 11) is 0. The van der Waals surface area contributed by atoms with E-state index < -0.39 is 17.8 Å². The molecule has 2 rings (SSSR count). The van der Waals surface area contributed by atoms with Gasteiger partial charge >= 0.3 is 6.03 Å². The van der Waals surface area contributed by atoms with Gasteiger partial charge in [-0.3, -0.25) is 14.5 Å². The number of carbonyl (C=O) groups excluding carboxylic acids is 3. The molecule has 4 amide bonds. The molecule has 0 aromatic heterocycles. The molecule has 0 aliphatic carbocycles. The maximum absolute atomic E-state index is 12.3. The van der Waals surface area contributed by atoms with Crippen molar-refractivity contribution in [2.24, 2.45) is 0 Å². The molecule has 20 heavy (non-hydrogen) atoms. The number of unbranched alkanes of at least 4 members (excludes halogenated alkanes) is 1. The number of nitrogens with zero attached hydrogens (tertiary/aromatic N) is 2. The van der Waals surface area contributed by atoms with Gasteiger partial charge in [0.1, 0.15) is 6.42 Å². The zero-order valence-electron chi connectivity index (χ0n) is 11.8. The summed E-state index contributed by atoms with van der Waals surface area (Å²) < 4.78 is 0. The fraction of sp³-hybridized carbons (Fsp3) is 0.400. The Bertz CT molecular complexity index is 537. The van der Waals surface area contributed by atoms with E-state index in [4.69, 9.17) is 0 Å². The lowest BCUT2D eigenvalue weighted by molar-refractivity contribution is -0.134. The number of barbiturate groups is 1. The molecule has 0 unspecified atom stereocenters. The van der Waals surface area contributed by atoms with Gasteiger partial charge in [-0.1, -0.05) is 31.0 Å². The molecule has 1 heterocycles. The van der Waals surface area contributed by atoms with Crippen molar-refractivity contribution in [1.82, 2.24) is 4.90 Å². The Balaban J connectivity index is 2.27. The summed E-state index contributed by atoms with van der Waals surface area (Å²) in [6, 6.07) is 6.58. The van der Waals surface area contributed by atoms with Crippen LogP contribution in [0.25, 0.3) is 0 Å². The molecule has 1 aliphatic rings. The Morgan fingerprint density at radius 1 is 1.05 bits per heavy atom. The Hall–Kier alpha value is -2.17. The highest BCUT2D eigenvalue weighted by molar-refractivity contribution is 6.26. The molecule has 1 saturated heterocycles. The minimum atomic E-state index is -0.538. The number of aryl methyl sites for hydroxylation is 1. The van der Waals surface area contributed by atoms with E-state index in [2.05, 4.69) is 0 Å². The minimum absolute atomic E-state index is 0.247. The third kappa shape index (κ3) is 2.71. The molecule has 0 radical (unpaired) electrons. The summed E-state index contributed by atoms with van der Waals surface area (Å²) in [6.07, 6.45) is 1.38. The maximum Gasteiger partial charge on any atom is 0.338 e. The number of rotatable bonds is 4. The van der Waals surface area contributed by atoms with Gasteiger partial charge in [0.2, 0.25) is 11.8 Å². The van der Waals surface area contributed by atoms with Crippen LogP contribution in [0.4, 0.5) is 10.5 Å². The second kappa shape index (κ2) is 5.86. The van der Waals surface area contributed by atoms with E-state index in [-0.39, 0.29) is 6.42 Å². The van der Waals surface area contributed by atoms with E-state index in [9.17, 15) is 14.4 Å². The van der Waals surface area contributed by atoms with Gasteiger partial charge in [0.15, 0.2) is 0 Å². The van der Waals surface area contributed by atoms with Crippen molar-refractivity contribution in [1.29, 1.82) is 0 Å². The number of carbonyl (C=O) groups is 3. The Labute approximate surface area is 118 Å². The number of hydrogen-bond donors (Lipinski definition) is 0. The van der Waals surface area contributed by atoms with E-state index in [0.717, 1.165) is 23.3 Å². The third-order valence-corrected chi connectivity index (χ3v) is 3.30. The first-order chi connectivity index (χ1) is 9.54. The van der Waals surface area contributed by atoms with Gasteiger partial charge in [-0.15, -0.1) is 0 Å². The van der Waals surface area contributed by atoms with Gasteiger partial charge in [-0.2, -0.15) is 0 Å². The number of amides is 4. The summed E-state index contributed by atoms with van der Waals surface area (Å²) >= 11 is 0. The Kier molecular flexibility index (Phi) is 4.17. The topological polar surface area (TPSA) is 57.7 Å². The summed E-state index contributed by atoms with van der Waals surface area (Å²) in [5.41, 5.74) is 1.56. The van der Waals surface area contributed by atoms with Crippen LogP contribution in [0.1, 0.15) is 31.7 Å². The molecule has 1 fully saturated rings. The smallest absolute Gasteiger partial charge is 0.274 e. The summed E-state index contributed by atoms with van der Waals surface area (Å²) in [5.74, 6) is -0.867. The standard InChI is InChI=1S/C15H18N2O3/c1-3-4-9-16-13(18)10-14(19)17(15(16)20)12-7-5-11(2)6-8-12/h5-8H,3-4,9-10H2,1-2H3. The molecule has 5 heteroatoms. The quantitative estimate of drug-likeness (QED) is 0.792. The number of imide groups is 2. The van der Waals surface area contributed by atoms with E-state index in [1.807, 2.05) is 26.0 Å². The lowest BCUT2D eigenvalue weighted by Crippen LogP contribution is -2.55. The van der Waals surface area contributed by atoms with Crippen LogP contribution >= 0.6 is 0 Å². The van der Waals surface area contributed by atoms with Gasteiger partial charge in [-0.25, -0.2) is 9.69 Å². The van der Waals surface area contributed by atoms with Gasteiger partial charge in [-0.05, 0) is 25.5 Å². The number of benzene rings is 1. The highest BCUT2D eigenvalue weighted by Crippen LogP contribution is 2.22. The van der Waals surface area contributed by atoms with Crippen molar-refractivity contribution in [2.75, 3.05) is 11.4 Å². The molecule has 0 saturated carbocycles. The number of hydrogen-bond acceptors (Lipinski definition) is 3. The number of anilines is 1. The van der Waals surface area contributed by atoms with Gasteiger partial charge in [0.05, 0.1) is 5.69 Å². The fourth-order valence-corrected chi connectivity index (χ4v) is 2.12.